The Morgan fingerprint density at radius 1 is 0.926 bits per heavy atom. The van der Waals surface area contributed by atoms with Gasteiger partial charge in [0.2, 0.25) is 11.8 Å². The average Bonchev–Trinajstić information content (AvgIpc) is 3.17. The van der Waals surface area contributed by atoms with Crippen LogP contribution in [0.15, 0.2) is 59.1 Å². The van der Waals surface area contributed by atoms with Crippen molar-refractivity contribution in [2.24, 2.45) is 0 Å². The Hall–Kier alpha value is -3.28. The molecule has 0 amide bonds. The molecular formula is C21H21N5O. The minimum absolute atomic E-state index is 0.257. The van der Waals surface area contributed by atoms with Crippen LogP contribution in [0.4, 0.5) is 5.95 Å². The standard InChI is InChI=1S/C21H21N5O/c1-14(2)20-24-18(27-26-20)12-13-22-21-23-17-11-7-6-10-16(17)19(25-21)15-8-4-3-5-9-15/h3-11,14H,12-13H2,1-2H3,(H,22,23,25). The van der Waals surface area contributed by atoms with Crippen LogP contribution in [0.2, 0.25) is 0 Å². The van der Waals surface area contributed by atoms with Crippen LogP contribution >= 0.6 is 0 Å². The molecule has 4 rings (SSSR count). The van der Waals surface area contributed by atoms with Gasteiger partial charge in [0.1, 0.15) is 0 Å². The van der Waals surface area contributed by atoms with Gasteiger partial charge in [0.15, 0.2) is 5.82 Å². The number of para-hydroxylation sites is 1. The van der Waals surface area contributed by atoms with E-state index in [0.717, 1.165) is 28.0 Å². The highest BCUT2D eigenvalue weighted by Crippen LogP contribution is 2.26. The molecule has 2 aromatic carbocycles. The maximum absolute atomic E-state index is 5.29. The zero-order chi connectivity index (χ0) is 18.6. The van der Waals surface area contributed by atoms with E-state index in [-0.39, 0.29) is 5.92 Å². The van der Waals surface area contributed by atoms with E-state index in [9.17, 15) is 0 Å². The summed E-state index contributed by atoms with van der Waals surface area (Å²) in [5.41, 5.74) is 2.90. The van der Waals surface area contributed by atoms with Crippen molar-refractivity contribution in [1.82, 2.24) is 20.1 Å². The molecule has 0 aliphatic heterocycles. The van der Waals surface area contributed by atoms with E-state index in [4.69, 9.17) is 9.51 Å². The van der Waals surface area contributed by atoms with Gasteiger partial charge in [0, 0.05) is 29.8 Å². The molecule has 136 valence electrons. The molecule has 2 heterocycles. The summed E-state index contributed by atoms with van der Waals surface area (Å²) in [6.07, 6.45) is 0.622. The lowest BCUT2D eigenvalue weighted by molar-refractivity contribution is 0.373. The highest BCUT2D eigenvalue weighted by Gasteiger charge is 2.11. The number of rotatable bonds is 6. The molecule has 0 aliphatic carbocycles. The lowest BCUT2D eigenvalue weighted by Crippen LogP contribution is -2.09. The van der Waals surface area contributed by atoms with Gasteiger partial charge in [0.05, 0.1) is 11.2 Å². The first kappa shape index (κ1) is 17.1. The highest BCUT2D eigenvalue weighted by atomic mass is 16.5. The van der Waals surface area contributed by atoms with Gasteiger partial charge in [-0.05, 0) is 6.07 Å². The number of hydrogen-bond acceptors (Lipinski definition) is 6. The number of nitrogens with zero attached hydrogens (tertiary/aromatic N) is 4. The van der Waals surface area contributed by atoms with Crippen LogP contribution in [-0.2, 0) is 6.42 Å². The summed E-state index contributed by atoms with van der Waals surface area (Å²) in [5, 5.41) is 8.31. The Morgan fingerprint density at radius 2 is 1.70 bits per heavy atom. The van der Waals surface area contributed by atoms with Crippen molar-refractivity contribution in [3.8, 4) is 11.3 Å². The van der Waals surface area contributed by atoms with Gasteiger partial charge >= 0.3 is 0 Å². The van der Waals surface area contributed by atoms with Crippen LogP contribution in [0, 0.1) is 0 Å². The Morgan fingerprint density at radius 3 is 2.48 bits per heavy atom. The highest BCUT2D eigenvalue weighted by molar-refractivity contribution is 5.93. The van der Waals surface area contributed by atoms with Gasteiger partial charge < -0.3 is 9.84 Å². The Balaban J connectivity index is 1.56. The van der Waals surface area contributed by atoms with E-state index in [0.29, 0.717) is 24.8 Å². The number of aromatic nitrogens is 4. The van der Waals surface area contributed by atoms with Crippen LogP contribution in [0.3, 0.4) is 0 Å². The van der Waals surface area contributed by atoms with E-state index in [1.165, 1.54) is 0 Å². The van der Waals surface area contributed by atoms with Gasteiger partial charge in [-0.2, -0.15) is 4.98 Å². The normalized spacial score (nSPS) is 11.2. The monoisotopic (exact) mass is 359 g/mol. The first-order chi connectivity index (χ1) is 13.2. The summed E-state index contributed by atoms with van der Waals surface area (Å²) in [6.45, 7) is 4.70. The summed E-state index contributed by atoms with van der Waals surface area (Å²) in [4.78, 5) is 13.8. The van der Waals surface area contributed by atoms with Crippen molar-refractivity contribution in [1.29, 1.82) is 0 Å². The molecule has 4 aromatic rings. The van der Waals surface area contributed by atoms with Crippen LogP contribution in [-0.4, -0.2) is 26.7 Å². The van der Waals surface area contributed by atoms with Crippen molar-refractivity contribution in [2.75, 3.05) is 11.9 Å². The first-order valence-corrected chi connectivity index (χ1v) is 9.09. The van der Waals surface area contributed by atoms with Crippen LogP contribution < -0.4 is 5.32 Å². The molecule has 0 fully saturated rings. The molecule has 27 heavy (non-hydrogen) atoms. The van der Waals surface area contributed by atoms with Gasteiger partial charge in [-0.1, -0.05) is 67.5 Å². The fraction of sp³-hybridized carbons (Fsp3) is 0.238. The Kier molecular flexibility index (Phi) is 4.78. The maximum atomic E-state index is 5.29. The predicted octanol–water partition coefficient (Wildman–Crippen LogP) is 4.46. The van der Waals surface area contributed by atoms with Crippen molar-refractivity contribution in [3.63, 3.8) is 0 Å². The summed E-state index contributed by atoms with van der Waals surface area (Å²) < 4.78 is 5.29. The Bertz CT molecular complexity index is 1040. The van der Waals surface area contributed by atoms with E-state index in [1.807, 2.05) is 56.3 Å². The Labute approximate surface area is 157 Å². The van der Waals surface area contributed by atoms with E-state index in [2.05, 4.69) is 32.6 Å². The number of fused-ring (bicyclic) bond motifs is 1. The largest absolute Gasteiger partial charge is 0.354 e. The molecular weight excluding hydrogens is 338 g/mol. The quantitative estimate of drug-likeness (QED) is 0.548. The molecule has 0 bridgehead atoms. The minimum Gasteiger partial charge on any atom is -0.354 e. The molecule has 6 heteroatoms. The molecule has 0 aliphatic rings. The molecule has 0 unspecified atom stereocenters. The second-order valence-corrected chi connectivity index (χ2v) is 6.66. The molecule has 0 radical (unpaired) electrons. The zero-order valence-corrected chi connectivity index (χ0v) is 15.4. The molecule has 0 atom stereocenters. The second kappa shape index (κ2) is 7.53. The third kappa shape index (κ3) is 3.79. The van der Waals surface area contributed by atoms with Crippen LogP contribution in [0.25, 0.3) is 22.2 Å². The summed E-state index contributed by atoms with van der Waals surface area (Å²) >= 11 is 0. The van der Waals surface area contributed by atoms with Crippen molar-refractivity contribution < 1.29 is 4.52 Å². The third-order valence-electron chi connectivity index (χ3n) is 4.27. The third-order valence-corrected chi connectivity index (χ3v) is 4.27. The first-order valence-electron chi connectivity index (χ1n) is 9.09. The number of benzene rings is 2. The number of anilines is 1. The molecule has 0 spiro atoms. The van der Waals surface area contributed by atoms with Gasteiger partial charge in [0.25, 0.3) is 0 Å². The fourth-order valence-electron chi connectivity index (χ4n) is 2.86. The predicted molar refractivity (Wildman–Crippen MR) is 106 cm³/mol. The SMILES string of the molecule is CC(C)c1noc(CCNc2nc(-c3ccccc3)c3ccccc3n2)n1. The average molecular weight is 359 g/mol. The van der Waals surface area contributed by atoms with Gasteiger partial charge in [-0.25, -0.2) is 9.97 Å². The number of hydrogen-bond donors (Lipinski definition) is 1. The zero-order valence-electron chi connectivity index (χ0n) is 15.4. The number of nitrogens with one attached hydrogen (secondary N) is 1. The van der Waals surface area contributed by atoms with Crippen molar-refractivity contribution in [3.05, 3.63) is 66.3 Å². The van der Waals surface area contributed by atoms with Crippen molar-refractivity contribution >= 4 is 16.9 Å². The second-order valence-electron chi connectivity index (χ2n) is 6.66. The fourth-order valence-corrected chi connectivity index (χ4v) is 2.86. The lowest BCUT2D eigenvalue weighted by atomic mass is 10.1. The molecule has 2 aromatic heterocycles. The van der Waals surface area contributed by atoms with Crippen LogP contribution in [0.5, 0.6) is 0 Å². The van der Waals surface area contributed by atoms with E-state index in [1.54, 1.807) is 0 Å². The molecule has 1 N–H and O–H groups in total. The molecule has 0 saturated heterocycles. The molecule has 6 nitrogen and oxygen atoms in total. The van der Waals surface area contributed by atoms with Crippen LogP contribution in [0.1, 0.15) is 31.5 Å². The van der Waals surface area contributed by atoms with E-state index < -0.39 is 0 Å². The van der Waals surface area contributed by atoms with Gasteiger partial charge in [-0.3, -0.25) is 0 Å². The van der Waals surface area contributed by atoms with E-state index >= 15 is 0 Å². The maximum Gasteiger partial charge on any atom is 0.228 e. The van der Waals surface area contributed by atoms with Crippen molar-refractivity contribution in [2.45, 2.75) is 26.2 Å². The minimum atomic E-state index is 0.257. The lowest BCUT2D eigenvalue weighted by Gasteiger charge is -2.10. The summed E-state index contributed by atoms with van der Waals surface area (Å²) in [6, 6.07) is 18.2. The topological polar surface area (TPSA) is 76.7 Å². The molecule has 0 saturated carbocycles. The smallest absolute Gasteiger partial charge is 0.228 e. The summed E-state index contributed by atoms with van der Waals surface area (Å²) in [7, 11) is 0. The van der Waals surface area contributed by atoms with Gasteiger partial charge in [-0.15, -0.1) is 0 Å². The summed E-state index contributed by atoms with van der Waals surface area (Å²) in [5.74, 6) is 2.21.